The Labute approximate surface area is 105 Å². The Morgan fingerprint density at radius 1 is 1.47 bits per heavy atom. The van der Waals surface area contributed by atoms with E-state index in [-0.39, 0.29) is 12.0 Å². The van der Waals surface area contributed by atoms with Crippen molar-refractivity contribution >= 4 is 5.97 Å². The van der Waals surface area contributed by atoms with Crippen LogP contribution in [0.25, 0.3) is 0 Å². The third-order valence-electron chi connectivity index (χ3n) is 3.79. The molecule has 0 aromatic heterocycles. The van der Waals surface area contributed by atoms with Crippen LogP contribution in [-0.2, 0) is 9.53 Å². The first-order valence-corrected chi connectivity index (χ1v) is 6.56. The van der Waals surface area contributed by atoms with E-state index in [9.17, 15) is 4.79 Å². The third-order valence-corrected chi connectivity index (χ3v) is 3.79. The highest BCUT2D eigenvalue weighted by atomic mass is 16.5. The van der Waals surface area contributed by atoms with Crippen molar-refractivity contribution in [1.29, 1.82) is 0 Å². The molecule has 0 spiro atoms. The number of hydrogen-bond acceptors (Lipinski definition) is 4. The standard InChI is InChI=1S/C13H26N2O2/c1-5-17-12(16)9-11(2)14-10-13(15(3)4)7-6-8-13/h11,14H,5-10H2,1-4H3. The first-order valence-electron chi connectivity index (χ1n) is 6.56. The summed E-state index contributed by atoms with van der Waals surface area (Å²) in [6.07, 6.45) is 4.27. The first kappa shape index (κ1) is 14.5. The van der Waals surface area contributed by atoms with Crippen LogP contribution in [0, 0.1) is 0 Å². The molecule has 0 bridgehead atoms. The molecule has 1 aliphatic carbocycles. The van der Waals surface area contributed by atoms with Crippen molar-refractivity contribution in [3.63, 3.8) is 0 Å². The lowest BCUT2D eigenvalue weighted by molar-refractivity contribution is -0.143. The Balaban J connectivity index is 2.27. The van der Waals surface area contributed by atoms with Gasteiger partial charge in [0, 0.05) is 18.1 Å². The third kappa shape index (κ3) is 3.96. The molecule has 0 radical (unpaired) electrons. The molecule has 1 saturated carbocycles. The van der Waals surface area contributed by atoms with Gasteiger partial charge < -0.3 is 15.0 Å². The Morgan fingerprint density at radius 3 is 2.53 bits per heavy atom. The lowest BCUT2D eigenvalue weighted by Gasteiger charge is -2.48. The van der Waals surface area contributed by atoms with Crippen molar-refractivity contribution in [3.8, 4) is 0 Å². The van der Waals surface area contributed by atoms with Crippen molar-refractivity contribution in [2.45, 2.75) is 51.1 Å². The second kappa shape index (κ2) is 6.36. The number of nitrogens with one attached hydrogen (secondary N) is 1. The molecule has 0 aromatic carbocycles. The van der Waals surface area contributed by atoms with Crippen molar-refractivity contribution < 1.29 is 9.53 Å². The van der Waals surface area contributed by atoms with E-state index in [1.165, 1.54) is 19.3 Å². The van der Waals surface area contributed by atoms with Gasteiger partial charge in [-0.1, -0.05) is 0 Å². The number of carbonyl (C=O) groups excluding carboxylic acids is 1. The molecule has 0 aliphatic heterocycles. The molecule has 1 unspecified atom stereocenters. The molecule has 1 N–H and O–H groups in total. The molecular weight excluding hydrogens is 216 g/mol. The Morgan fingerprint density at radius 2 is 2.12 bits per heavy atom. The highest BCUT2D eigenvalue weighted by Crippen LogP contribution is 2.35. The summed E-state index contributed by atoms with van der Waals surface area (Å²) in [7, 11) is 4.27. The maximum atomic E-state index is 11.3. The molecule has 4 heteroatoms. The summed E-state index contributed by atoms with van der Waals surface area (Å²) in [5, 5.41) is 3.45. The van der Waals surface area contributed by atoms with Gasteiger partial charge in [0.15, 0.2) is 0 Å². The fourth-order valence-corrected chi connectivity index (χ4v) is 2.27. The molecule has 0 saturated heterocycles. The summed E-state index contributed by atoms with van der Waals surface area (Å²) in [4.78, 5) is 13.6. The summed E-state index contributed by atoms with van der Waals surface area (Å²) in [6, 6.07) is 0.187. The average molecular weight is 242 g/mol. The van der Waals surface area contributed by atoms with Gasteiger partial charge in [0.05, 0.1) is 13.0 Å². The lowest BCUT2D eigenvalue weighted by atomic mass is 9.75. The summed E-state index contributed by atoms with van der Waals surface area (Å²) < 4.78 is 4.94. The zero-order valence-electron chi connectivity index (χ0n) is 11.6. The van der Waals surface area contributed by atoms with Crippen LogP contribution in [0.4, 0.5) is 0 Å². The summed E-state index contributed by atoms with van der Waals surface area (Å²) in [5.41, 5.74) is 0.308. The van der Waals surface area contributed by atoms with Crippen molar-refractivity contribution in [2.24, 2.45) is 0 Å². The van der Waals surface area contributed by atoms with E-state index in [4.69, 9.17) is 4.74 Å². The van der Waals surface area contributed by atoms with Gasteiger partial charge in [0.2, 0.25) is 0 Å². The summed E-state index contributed by atoms with van der Waals surface area (Å²) in [5.74, 6) is -0.111. The minimum atomic E-state index is -0.111. The molecular formula is C13H26N2O2. The van der Waals surface area contributed by atoms with Crippen LogP contribution in [-0.4, -0.2) is 49.7 Å². The van der Waals surface area contributed by atoms with E-state index >= 15 is 0 Å². The zero-order valence-corrected chi connectivity index (χ0v) is 11.6. The number of hydrogen-bond donors (Lipinski definition) is 1. The van der Waals surface area contributed by atoms with Crippen molar-refractivity contribution in [3.05, 3.63) is 0 Å². The molecule has 0 aromatic rings. The molecule has 4 nitrogen and oxygen atoms in total. The Hall–Kier alpha value is -0.610. The van der Waals surface area contributed by atoms with E-state index in [0.29, 0.717) is 18.6 Å². The van der Waals surface area contributed by atoms with Crippen molar-refractivity contribution in [2.75, 3.05) is 27.2 Å². The normalized spacial score (nSPS) is 19.8. The molecule has 0 amide bonds. The van der Waals surface area contributed by atoms with Gasteiger partial charge in [-0.25, -0.2) is 0 Å². The summed E-state index contributed by atoms with van der Waals surface area (Å²) >= 11 is 0. The van der Waals surface area contributed by atoms with E-state index in [1.807, 2.05) is 13.8 Å². The van der Waals surface area contributed by atoms with Crippen LogP contribution >= 0.6 is 0 Å². The molecule has 17 heavy (non-hydrogen) atoms. The molecule has 1 atom stereocenters. The predicted octanol–water partition coefficient (Wildman–Crippen LogP) is 1.40. The zero-order chi connectivity index (χ0) is 12.9. The van der Waals surface area contributed by atoms with Crippen LogP contribution in [0.1, 0.15) is 39.5 Å². The largest absolute Gasteiger partial charge is 0.466 e. The van der Waals surface area contributed by atoms with E-state index in [2.05, 4.69) is 24.3 Å². The van der Waals surface area contributed by atoms with Crippen LogP contribution in [0.5, 0.6) is 0 Å². The number of esters is 1. The molecule has 1 fully saturated rings. The molecule has 1 rings (SSSR count). The fraction of sp³-hybridized carbons (Fsp3) is 0.923. The number of likely N-dealkylation sites (N-methyl/N-ethyl adjacent to an activating group) is 1. The number of ether oxygens (including phenoxy) is 1. The topological polar surface area (TPSA) is 41.6 Å². The smallest absolute Gasteiger partial charge is 0.307 e. The second-order valence-corrected chi connectivity index (χ2v) is 5.26. The average Bonchev–Trinajstić information content (AvgIpc) is 2.15. The lowest BCUT2D eigenvalue weighted by Crippen LogP contribution is -2.57. The molecule has 100 valence electrons. The second-order valence-electron chi connectivity index (χ2n) is 5.26. The highest BCUT2D eigenvalue weighted by molar-refractivity contribution is 5.69. The minimum Gasteiger partial charge on any atom is -0.466 e. The highest BCUT2D eigenvalue weighted by Gasteiger charge is 2.38. The van der Waals surface area contributed by atoms with Gasteiger partial charge in [0.25, 0.3) is 0 Å². The molecule has 0 heterocycles. The van der Waals surface area contributed by atoms with E-state index in [0.717, 1.165) is 6.54 Å². The number of carbonyl (C=O) groups is 1. The fourth-order valence-electron chi connectivity index (χ4n) is 2.27. The van der Waals surface area contributed by atoms with Gasteiger partial charge in [-0.2, -0.15) is 0 Å². The van der Waals surface area contributed by atoms with Gasteiger partial charge >= 0.3 is 5.97 Å². The quantitative estimate of drug-likeness (QED) is 0.685. The number of rotatable bonds is 7. The van der Waals surface area contributed by atoms with E-state index < -0.39 is 0 Å². The minimum absolute atomic E-state index is 0.111. The Bertz CT molecular complexity index is 250. The SMILES string of the molecule is CCOC(=O)CC(C)NCC1(N(C)C)CCC1. The van der Waals surface area contributed by atoms with Gasteiger partial charge in [-0.15, -0.1) is 0 Å². The number of nitrogens with zero attached hydrogens (tertiary/aromatic N) is 1. The first-order chi connectivity index (χ1) is 8.00. The maximum Gasteiger partial charge on any atom is 0.307 e. The summed E-state index contributed by atoms with van der Waals surface area (Å²) in [6.45, 7) is 5.30. The van der Waals surface area contributed by atoms with Crippen LogP contribution in [0.2, 0.25) is 0 Å². The van der Waals surface area contributed by atoms with Crippen LogP contribution < -0.4 is 5.32 Å². The predicted molar refractivity (Wildman–Crippen MR) is 69.0 cm³/mol. The van der Waals surface area contributed by atoms with E-state index in [1.54, 1.807) is 0 Å². The van der Waals surface area contributed by atoms with Gasteiger partial charge in [-0.05, 0) is 47.2 Å². The van der Waals surface area contributed by atoms with Gasteiger partial charge in [-0.3, -0.25) is 4.79 Å². The maximum absolute atomic E-state index is 11.3. The Kier molecular flexibility index (Phi) is 5.40. The van der Waals surface area contributed by atoms with Crippen LogP contribution in [0.3, 0.4) is 0 Å². The molecule has 1 aliphatic rings. The van der Waals surface area contributed by atoms with Crippen molar-refractivity contribution in [1.82, 2.24) is 10.2 Å². The monoisotopic (exact) mass is 242 g/mol. The van der Waals surface area contributed by atoms with Crippen LogP contribution in [0.15, 0.2) is 0 Å². The van der Waals surface area contributed by atoms with Gasteiger partial charge in [0.1, 0.15) is 0 Å².